The van der Waals surface area contributed by atoms with Gasteiger partial charge in [-0.3, -0.25) is 0 Å². The highest BCUT2D eigenvalue weighted by Crippen LogP contribution is 2.25. The Bertz CT molecular complexity index is 711. The average Bonchev–Trinajstić information content (AvgIpc) is 2.45. The third-order valence-corrected chi connectivity index (χ3v) is 3.73. The number of esters is 1. The molecular weight excluding hydrogens is 281 g/mol. The Hall–Kier alpha value is -2.31. The molecule has 0 bridgehead atoms. The van der Waals surface area contributed by atoms with Crippen LogP contribution in [0.3, 0.4) is 0 Å². The molecule has 114 valence electrons. The highest BCUT2D eigenvalue weighted by molar-refractivity contribution is 6.58. The minimum Gasteiger partial charge on any atom is -0.423 e. The molecule has 0 radical (unpaired) electrons. The first kappa shape index (κ1) is 16.1. The molecule has 0 fully saturated rings. The molecule has 6 heteroatoms. The van der Waals surface area contributed by atoms with Crippen LogP contribution in [0, 0.1) is 20.8 Å². The number of anilines is 1. The van der Waals surface area contributed by atoms with Crippen LogP contribution in [0.5, 0.6) is 5.75 Å². The largest absolute Gasteiger partial charge is 0.488 e. The van der Waals surface area contributed by atoms with Crippen LogP contribution < -0.4 is 15.9 Å². The van der Waals surface area contributed by atoms with E-state index in [0.29, 0.717) is 22.5 Å². The molecular formula is C16H18BNO4. The van der Waals surface area contributed by atoms with Gasteiger partial charge in [-0.15, -0.1) is 0 Å². The molecule has 2 aromatic rings. The van der Waals surface area contributed by atoms with Crippen LogP contribution in [-0.2, 0) is 0 Å². The molecule has 5 nitrogen and oxygen atoms in total. The second-order valence-electron chi connectivity index (χ2n) is 5.24. The Kier molecular flexibility index (Phi) is 4.54. The lowest BCUT2D eigenvalue weighted by Crippen LogP contribution is -2.29. The maximum absolute atomic E-state index is 12.4. The van der Waals surface area contributed by atoms with Crippen molar-refractivity contribution in [2.45, 2.75) is 20.8 Å². The van der Waals surface area contributed by atoms with Crippen LogP contribution in [0.4, 0.5) is 5.69 Å². The highest BCUT2D eigenvalue weighted by atomic mass is 16.5. The molecule has 0 aliphatic heterocycles. The summed E-state index contributed by atoms with van der Waals surface area (Å²) in [5.41, 5.74) is 9.77. The molecule has 4 N–H and O–H groups in total. The number of hydrogen-bond acceptors (Lipinski definition) is 5. The second-order valence-corrected chi connectivity index (χ2v) is 5.24. The van der Waals surface area contributed by atoms with E-state index in [1.54, 1.807) is 6.07 Å². The summed E-state index contributed by atoms with van der Waals surface area (Å²) in [4.78, 5) is 12.4. The first-order valence-corrected chi connectivity index (χ1v) is 6.85. The Morgan fingerprint density at radius 1 is 1.09 bits per heavy atom. The average molecular weight is 299 g/mol. The quantitative estimate of drug-likeness (QED) is 0.341. The van der Waals surface area contributed by atoms with Crippen LogP contribution in [0.25, 0.3) is 0 Å². The molecule has 0 heterocycles. The number of benzene rings is 2. The van der Waals surface area contributed by atoms with Gasteiger partial charge >= 0.3 is 13.1 Å². The standard InChI is InChI=1S/C16H18BNO4/c1-9-8-14(18)10(2)11(3)15(9)16(19)22-13-6-4-12(5-7-13)17(20)21/h4-8,20-21H,18H2,1-3H3. The third kappa shape index (κ3) is 3.13. The van der Waals surface area contributed by atoms with Gasteiger partial charge in [0.2, 0.25) is 0 Å². The lowest BCUT2D eigenvalue weighted by Gasteiger charge is -2.14. The van der Waals surface area contributed by atoms with Gasteiger partial charge in [-0.05, 0) is 61.1 Å². The molecule has 0 atom stereocenters. The number of hydrogen-bond donors (Lipinski definition) is 3. The van der Waals surface area contributed by atoms with Gasteiger partial charge in [0, 0.05) is 5.69 Å². The van der Waals surface area contributed by atoms with Gasteiger partial charge < -0.3 is 20.5 Å². The van der Waals surface area contributed by atoms with E-state index in [-0.39, 0.29) is 0 Å². The molecule has 0 unspecified atom stereocenters. The Balaban J connectivity index is 2.28. The summed E-state index contributed by atoms with van der Waals surface area (Å²) >= 11 is 0. The minimum atomic E-state index is -1.55. The highest BCUT2D eigenvalue weighted by Gasteiger charge is 2.18. The van der Waals surface area contributed by atoms with Gasteiger partial charge in [-0.2, -0.15) is 0 Å². The van der Waals surface area contributed by atoms with Gasteiger partial charge in [-0.1, -0.05) is 12.1 Å². The van der Waals surface area contributed by atoms with Crippen LogP contribution in [-0.4, -0.2) is 23.1 Å². The molecule has 0 aromatic heterocycles. The van der Waals surface area contributed by atoms with E-state index in [9.17, 15) is 4.79 Å². The van der Waals surface area contributed by atoms with Crippen molar-refractivity contribution in [1.29, 1.82) is 0 Å². The molecule has 0 saturated carbocycles. The summed E-state index contributed by atoms with van der Waals surface area (Å²) in [6.07, 6.45) is 0. The first-order chi connectivity index (χ1) is 10.3. The van der Waals surface area contributed by atoms with Crippen molar-refractivity contribution in [3.8, 4) is 5.75 Å². The summed E-state index contributed by atoms with van der Waals surface area (Å²) in [7, 11) is -1.55. The lowest BCUT2D eigenvalue weighted by molar-refractivity contribution is 0.0733. The number of rotatable bonds is 3. The van der Waals surface area contributed by atoms with Crippen molar-refractivity contribution in [3.63, 3.8) is 0 Å². The zero-order valence-corrected chi connectivity index (χ0v) is 12.8. The number of nitrogen functional groups attached to an aromatic ring is 1. The fourth-order valence-electron chi connectivity index (χ4n) is 2.29. The Morgan fingerprint density at radius 3 is 2.23 bits per heavy atom. The topological polar surface area (TPSA) is 92.8 Å². The van der Waals surface area contributed by atoms with Crippen LogP contribution in [0.1, 0.15) is 27.0 Å². The molecule has 0 amide bonds. The van der Waals surface area contributed by atoms with Crippen molar-refractivity contribution in [3.05, 3.63) is 52.6 Å². The fourth-order valence-corrected chi connectivity index (χ4v) is 2.29. The van der Waals surface area contributed by atoms with Gasteiger partial charge in [0.05, 0.1) is 5.56 Å². The molecule has 2 rings (SSSR count). The molecule has 2 aromatic carbocycles. The van der Waals surface area contributed by atoms with E-state index in [2.05, 4.69) is 0 Å². The molecule has 0 aliphatic carbocycles. The second kappa shape index (κ2) is 6.21. The summed E-state index contributed by atoms with van der Waals surface area (Å²) < 4.78 is 5.35. The van der Waals surface area contributed by atoms with Crippen molar-refractivity contribution in [2.24, 2.45) is 0 Å². The van der Waals surface area contributed by atoms with Crippen molar-refractivity contribution in [1.82, 2.24) is 0 Å². The van der Waals surface area contributed by atoms with Crippen molar-refractivity contribution < 1.29 is 19.6 Å². The number of carbonyl (C=O) groups excluding carboxylic acids is 1. The predicted molar refractivity (Wildman–Crippen MR) is 86.3 cm³/mol. The summed E-state index contributed by atoms with van der Waals surface area (Å²) in [6, 6.07) is 7.76. The van der Waals surface area contributed by atoms with Gasteiger partial charge in [0.1, 0.15) is 5.75 Å². The van der Waals surface area contributed by atoms with Crippen LogP contribution in [0.15, 0.2) is 30.3 Å². The van der Waals surface area contributed by atoms with Crippen molar-refractivity contribution in [2.75, 3.05) is 5.73 Å². The molecule has 22 heavy (non-hydrogen) atoms. The summed E-state index contributed by atoms with van der Waals surface area (Å²) in [6.45, 7) is 5.50. The normalized spacial score (nSPS) is 10.4. The first-order valence-electron chi connectivity index (χ1n) is 6.85. The number of nitrogens with two attached hydrogens (primary N) is 1. The lowest BCUT2D eigenvalue weighted by atomic mass is 9.80. The molecule has 0 spiro atoms. The van der Waals surface area contributed by atoms with E-state index >= 15 is 0 Å². The summed E-state index contributed by atoms with van der Waals surface area (Å²) in [5, 5.41) is 18.1. The van der Waals surface area contributed by atoms with E-state index in [1.165, 1.54) is 24.3 Å². The van der Waals surface area contributed by atoms with E-state index in [4.69, 9.17) is 20.5 Å². The number of aryl methyl sites for hydroxylation is 1. The predicted octanol–water partition coefficient (Wildman–Crippen LogP) is 1.09. The Labute approximate surface area is 129 Å². The van der Waals surface area contributed by atoms with Crippen molar-refractivity contribution >= 4 is 24.2 Å². The Morgan fingerprint density at radius 2 is 1.68 bits per heavy atom. The van der Waals surface area contributed by atoms with E-state index < -0.39 is 13.1 Å². The monoisotopic (exact) mass is 299 g/mol. The smallest absolute Gasteiger partial charge is 0.423 e. The third-order valence-electron chi connectivity index (χ3n) is 3.73. The zero-order chi connectivity index (χ0) is 16.4. The van der Waals surface area contributed by atoms with Gasteiger partial charge in [-0.25, -0.2) is 4.79 Å². The number of ether oxygens (including phenoxy) is 1. The molecule has 0 saturated heterocycles. The SMILES string of the molecule is Cc1cc(N)c(C)c(C)c1C(=O)Oc1ccc(B(O)O)cc1. The maximum atomic E-state index is 12.4. The van der Waals surface area contributed by atoms with Crippen LogP contribution >= 0.6 is 0 Å². The van der Waals surface area contributed by atoms with E-state index in [0.717, 1.165) is 16.7 Å². The van der Waals surface area contributed by atoms with Gasteiger partial charge in [0.15, 0.2) is 0 Å². The summed E-state index contributed by atoms with van der Waals surface area (Å²) in [5.74, 6) is -0.127. The minimum absolute atomic E-state index is 0.329. The molecule has 0 aliphatic rings. The maximum Gasteiger partial charge on any atom is 0.488 e. The van der Waals surface area contributed by atoms with Crippen LogP contribution in [0.2, 0.25) is 0 Å². The van der Waals surface area contributed by atoms with Gasteiger partial charge in [0.25, 0.3) is 0 Å². The fraction of sp³-hybridized carbons (Fsp3) is 0.188. The number of carbonyl (C=O) groups is 1. The van der Waals surface area contributed by atoms with E-state index in [1.807, 2.05) is 20.8 Å². The zero-order valence-electron chi connectivity index (χ0n) is 12.8.